The van der Waals surface area contributed by atoms with Crippen molar-refractivity contribution in [3.63, 3.8) is 0 Å². The fourth-order valence-corrected chi connectivity index (χ4v) is 1.31. The Morgan fingerprint density at radius 3 is 2.73 bits per heavy atom. The number of nitrogens with zero attached hydrogens (tertiary/aromatic N) is 1. The Labute approximate surface area is 87.7 Å². The molecule has 0 fully saturated rings. The molecule has 0 aromatic heterocycles. The zero-order chi connectivity index (χ0) is 11.4. The highest BCUT2D eigenvalue weighted by Crippen LogP contribution is 2.26. The van der Waals surface area contributed by atoms with Crippen LogP contribution in [0.3, 0.4) is 0 Å². The van der Waals surface area contributed by atoms with Crippen molar-refractivity contribution in [2.45, 2.75) is 13.8 Å². The topological polar surface area (TPSA) is 70.3 Å². The Balaban J connectivity index is 3.38. The molecule has 4 nitrogen and oxygen atoms in total. The number of hydrogen-bond donors (Lipinski definition) is 1. The molecule has 0 aliphatic heterocycles. The van der Waals surface area contributed by atoms with E-state index in [1.165, 1.54) is 12.1 Å². The molecule has 4 heteroatoms. The summed E-state index contributed by atoms with van der Waals surface area (Å²) in [6, 6.07) is 4.86. The first-order valence-corrected chi connectivity index (χ1v) is 4.51. The molecular formula is C11H11NO3. The number of carbonyl (C=O) groups is 1. The second-order valence-corrected chi connectivity index (χ2v) is 2.96. The Hall–Kier alpha value is -2.02. The van der Waals surface area contributed by atoms with Crippen LogP contribution in [0.2, 0.25) is 0 Å². The largest absolute Gasteiger partial charge is 0.493 e. The third-order valence-corrected chi connectivity index (χ3v) is 2.05. The van der Waals surface area contributed by atoms with Gasteiger partial charge in [-0.25, -0.2) is 4.79 Å². The van der Waals surface area contributed by atoms with Crippen molar-refractivity contribution in [2.24, 2.45) is 0 Å². The van der Waals surface area contributed by atoms with Gasteiger partial charge in [0.15, 0.2) is 0 Å². The van der Waals surface area contributed by atoms with Crippen molar-refractivity contribution in [3.05, 3.63) is 28.8 Å². The third-order valence-electron chi connectivity index (χ3n) is 2.05. The van der Waals surface area contributed by atoms with Gasteiger partial charge in [0.05, 0.1) is 18.2 Å². The van der Waals surface area contributed by atoms with Crippen molar-refractivity contribution in [3.8, 4) is 11.8 Å². The van der Waals surface area contributed by atoms with Gasteiger partial charge in [-0.1, -0.05) is 0 Å². The SMILES string of the molecule is CCOc1c(C(=O)O)ccc(C#N)c1C. The van der Waals surface area contributed by atoms with E-state index in [0.29, 0.717) is 17.7 Å². The van der Waals surface area contributed by atoms with Gasteiger partial charge in [0, 0.05) is 5.56 Å². The van der Waals surface area contributed by atoms with Crippen LogP contribution in [0.5, 0.6) is 5.75 Å². The lowest BCUT2D eigenvalue weighted by atomic mass is 10.0. The monoisotopic (exact) mass is 205 g/mol. The number of rotatable bonds is 3. The Morgan fingerprint density at radius 1 is 1.60 bits per heavy atom. The highest BCUT2D eigenvalue weighted by Gasteiger charge is 2.15. The number of nitriles is 1. The summed E-state index contributed by atoms with van der Waals surface area (Å²) in [7, 11) is 0. The van der Waals surface area contributed by atoms with Crippen molar-refractivity contribution in [1.29, 1.82) is 5.26 Å². The Kier molecular flexibility index (Phi) is 3.29. The minimum atomic E-state index is -1.05. The molecule has 0 aliphatic carbocycles. The normalized spacial score (nSPS) is 9.40. The molecule has 1 aromatic carbocycles. The summed E-state index contributed by atoms with van der Waals surface area (Å²) in [6.45, 7) is 3.82. The first-order chi connectivity index (χ1) is 7.11. The minimum absolute atomic E-state index is 0.0911. The van der Waals surface area contributed by atoms with Gasteiger partial charge in [0.25, 0.3) is 0 Å². The number of hydrogen-bond acceptors (Lipinski definition) is 3. The van der Waals surface area contributed by atoms with Crippen molar-refractivity contribution < 1.29 is 14.6 Å². The van der Waals surface area contributed by atoms with E-state index in [0.717, 1.165) is 0 Å². The molecule has 0 bridgehead atoms. The van der Waals surface area contributed by atoms with Crippen LogP contribution in [0.25, 0.3) is 0 Å². The van der Waals surface area contributed by atoms with E-state index in [4.69, 9.17) is 15.1 Å². The smallest absolute Gasteiger partial charge is 0.339 e. The molecule has 1 rings (SSSR count). The molecule has 78 valence electrons. The maximum atomic E-state index is 10.9. The van der Waals surface area contributed by atoms with Crippen molar-refractivity contribution >= 4 is 5.97 Å². The number of aromatic carboxylic acids is 1. The van der Waals surface area contributed by atoms with Crippen LogP contribution in [0.1, 0.15) is 28.4 Å². The number of carboxylic acid groups (broad SMARTS) is 1. The van der Waals surface area contributed by atoms with Gasteiger partial charge in [-0.2, -0.15) is 5.26 Å². The fraction of sp³-hybridized carbons (Fsp3) is 0.273. The van der Waals surface area contributed by atoms with Crippen LogP contribution in [-0.4, -0.2) is 17.7 Å². The first kappa shape index (κ1) is 11.1. The van der Waals surface area contributed by atoms with E-state index < -0.39 is 5.97 Å². The summed E-state index contributed by atoms with van der Waals surface area (Å²) in [5.74, 6) is -0.768. The lowest BCUT2D eigenvalue weighted by Gasteiger charge is -2.11. The van der Waals surface area contributed by atoms with Crippen LogP contribution in [0.15, 0.2) is 12.1 Å². The molecule has 0 aliphatic rings. The van der Waals surface area contributed by atoms with Crippen LogP contribution >= 0.6 is 0 Å². The molecule has 1 aromatic rings. The molecule has 0 unspecified atom stereocenters. The predicted octanol–water partition coefficient (Wildman–Crippen LogP) is 1.96. The zero-order valence-corrected chi connectivity index (χ0v) is 8.57. The van der Waals surface area contributed by atoms with E-state index in [2.05, 4.69) is 0 Å². The summed E-state index contributed by atoms with van der Waals surface area (Å²) < 4.78 is 5.24. The molecule has 1 N–H and O–H groups in total. The highest BCUT2D eigenvalue weighted by molar-refractivity contribution is 5.91. The first-order valence-electron chi connectivity index (χ1n) is 4.51. The van der Waals surface area contributed by atoms with Gasteiger partial charge in [0.1, 0.15) is 11.3 Å². The lowest BCUT2D eigenvalue weighted by molar-refractivity contribution is 0.0692. The summed E-state index contributed by atoms with van der Waals surface area (Å²) in [4.78, 5) is 10.9. The number of ether oxygens (including phenoxy) is 1. The van der Waals surface area contributed by atoms with E-state index in [9.17, 15) is 4.79 Å². The lowest BCUT2D eigenvalue weighted by Crippen LogP contribution is -2.05. The van der Waals surface area contributed by atoms with Gasteiger partial charge in [-0.05, 0) is 26.0 Å². The van der Waals surface area contributed by atoms with Crippen molar-refractivity contribution in [2.75, 3.05) is 6.61 Å². The second-order valence-electron chi connectivity index (χ2n) is 2.96. The summed E-state index contributed by atoms with van der Waals surface area (Å²) in [5.41, 5.74) is 1.09. The molecule has 0 saturated carbocycles. The summed E-state index contributed by atoms with van der Waals surface area (Å²) in [5, 5.41) is 17.7. The Bertz CT molecular complexity index is 432. The third kappa shape index (κ3) is 2.08. The standard InChI is InChI=1S/C11H11NO3/c1-3-15-10-7(2)8(6-12)4-5-9(10)11(13)14/h4-5H,3H2,1-2H3,(H,13,14). The molecule has 0 amide bonds. The molecular weight excluding hydrogens is 194 g/mol. The maximum Gasteiger partial charge on any atom is 0.339 e. The van der Waals surface area contributed by atoms with Gasteiger partial charge in [0.2, 0.25) is 0 Å². The highest BCUT2D eigenvalue weighted by atomic mass is 16.5. The van der Waals surface area contributed by atoms with Crippen LogP contribution < -0.4 is 4.74 Å². The summed E-state index contributed by atoms with van der Waals surface area (Å²) in [6.07, 6.45) is 0. The molecule has 0 atom stereocenters. The number of benzene rings is 1. The van der Waals surface area contributed by atoms with Crippen LogP contribution in [0.4, 0.5) is 0 Å². The number of carboxylic acids is 1. The maximum absolute atomic E-state index is 10.9. The minimum Gasteiger partial charge on any atom is -0.493 e. The molecule has 15 heavy (non-hydrogen) atoms. The second kappa shape index (κ2) is 4.47. The average molecular weight is 205 g/mol. The van der Waals surface area contributed by atoms with E-state index in [1.807, 2.05) is 6.07 Å². The van der Waals surface area contributed by atoms with Gasteiger partial charge in [-0.3, -0.25) is 0 Å². The van der Waals surface area contributed by atoms with Crippen LogP contribution in [0, 0.1) is 18.3 Å². The average Bonchev–Trinajstić information content (AvgIpc) is 2.20. The molecule has 0 heterocycles. The van der Waals surface area contributed by atoms with Crippen LogP contribution in [-0.2, 0) is 0 Å². The summed E-state index contributed by atoms with van der Waals surface area (Å²) >= 11 is 0. The van der Waals surface area contributed by atoms with Gasteiger partial charge in [-0.15, -0.1) is 0 Å². The molecule has 0 spiro atoms. The van der Waals surface area contributed by atoms with E-state index in [-0.39, 0.29) is 11.3 Å². The quantitative estimate of drug-likeness (QED) is 0.818. The van der Waals surface area contributed by atoms with E-state index >= 15 is 0 Å². The molecule has 0 radical (unpaired) electrons. The Morgan fingerprint density at radius 2 is 2.27 bits per heavy atom. The molecule has 0 saturated heterocycles. The van der Waals surface area contributed by atoms with Crippen molar-refractivity contribution in [1.82, 2.24) is 0 Å². The van der Waals surface area contributed by atoms with E-state index in [1.54, 1.807) is 13.8 Å². The fourth-order valence-electron chi connectivity index (χ4n) is 1.31. The zero-order valence-electron chi connectivity index (χ0n) is 8.57. The van der Waals surface area contributed by atoms with Gasteiger partial charge >= 0.3 is 5.97 Å². The predicted molar refractivity (Wildman–Crippen MR) is 54.0 cm³/mol. The van der Waals surface area contributed by atoms with Gasteiger partial charge < -0.3 is 9.84 Å².